The molecule has 190 valence electrons. The molecular weight excluding hydrogens is 465 g/mol. The maximum atomic E-state index is 13.4. The van der Waals surface area contributed by atoms with Gasteiger partial charge in [0.2, 0.25) is 7.44 Å². The van der Waals surface area contributed by atoms with E-state index >= 15 is 0 Å². The fraction of sp³-hybridized carbons (Fsp3) is 0.462. The topological polar surface area (TPSA) is 117 Å². The molecule has 3 rings (SSSR count). The first-order valence-electron chi connectivity index (χ1n) is 12.0. The normalized spacial score (nSPS) is 14.9. The molecule has 0 aromatic heterocycles. The zero-order valence-corrected chi connectivity index (χ0v) is 21.8. The van der Waals surface area contributed by atoms with Crippen LogP contribution < -0.4 is 15.5 Å². The number of benzene rings is 2. The van der Waals surface area contributed by atoms with Crippen LogP contribution in [0.1, 0.15) is 51.7 Å². The van der Waals surface area contributed by atoms with E-state index in [1.807, 2.05) is 76.2 Å². The largest absolute Gasteiger partial charge is 0.480 e. The maximum absolute atomic E-state index is 13.4. The monoisotopic (exact) mass is 501 g/mol. The van der Waals surface area contributed by atoms with Gasteiger partial charge in [-0.2, -0.15) is 0 Å². The van der Waals surface area contributed by atoms with Gasteiger partial charge >= 0.3 is 12.1 Å². The fourth-order valence-corrected chi connectivity index (χ4v) is 7.68. The Bertz CT molecular complexity index is 1040. The Balaban J connectivity index is 1.67. The molecule has 0 radical (unpaired) electrons. The first kappa shape index (κ1) is 26.9. The second-order valence-electron chi connectivity index (χ2n) is 9.75. The third-order valence-corrected chi connectivity index (χ3v) is 8.89. The molecule has 0 saturated heterocycles. The number of rotatable bonds is 11. The molecule has 2 aromatic carbocycles. The number of ether oxygens (including phenoxy) is 1. The second-order valence-corrected chi connectivity index (χ2v) is 12.1. The van der Waals surface area contributed by atoms with Crippen LogP contribution >= 0.6 is 7.44 Å². The molecule has 0 fully saturated rings. The lowest BCUT2D eigenvalue weighted by atomic mass is 9.98. The zero-order chi connectivity index (χ0) is 25.8. The van der Waals surface area contributed by atoms with Crippen LogP contribution in [0.15, 0.2) is 48.5 Å². The van der Waals surface area contributed by atoms with Crippen LogP contribution in [0.25, 0.3) is 11.1 Å². The lowest BCUT2D eigenvalue weighted by Crippen LogP contribution is -2.48. The summed E-state index contributed by atoms with van der Waals surface area (Å²) in [5, 5.41) is 18.4. The van der Waals surface area contributed by atoms with Gasteiger partial charge < -0.3 is 15.2 Å². The third kappa shape index (κ3) is 6.72. The Morgan fingerprint density at radius 1 is 0.914 bits per heavy atom. The minimum Gasteiger partial charge on any atom is -0.480 e. The molecule has 1 amide bonds. The SMILES string of the molecule is CC(C)NP(=O)(C[C@H](C)[C@H](NC(=O)OCC1c2ccccc2-c2ccccc21)C(=O)O)NC(C)C. The molecule has 1 aliphatic carbocycles. The Labute approximate surface area is 207 Å². The lowest BCUT2D eigenvalue weighted by Gasteiger charge is -2.30. The van der Waals surface area contributed by atoms with Crippen LogP contribution in [0.3, 0.4) is 0 Å². The van der Waals surface area contributed by atoms with E-state index in [0.29, 0.717) is 0 Å². The van der Waals surface area contributed by atoms with Crippen molar-refractivity contribution < 1.29 is 24.0 Å². The number of nitrogens with one attached hydrogen (secondary N) is 3. The Morgan fingerprint density at radius 3 is 1.86 bits per heavy atom. The van der Waals surface area contributed by atoms with Crippen molar-refractivity contribution in [2.24, 2.45) is 5.92 Å². The summed E-state index contributed by atoms with van der Waals surface area (Å²) < 4.78 is 18.9. The Kier molecular flexibility index (Phi) is 8.75. The van der Waals surface area contributed by atoms with E-state index < -0.39 is 31.5 Å². The molecular formula is C26H36N3O5P. The number of carboxylic acid groups (broad SMARTS) is 1. The van der Waals surface area contributed by atoms with Gasteiger partial charge in [-0.3, -0.25) is 14.7 Å². The molecule has 0 heterocycles. The van der Waals surface area contributed by atoms with Crippen molar-refractivity contribution >= 4 is 19.5 Å². The highest BCUT2D eigenvalue weighted by Gasteiger charge is 2.35. The molecule has 8 nitrogen and oxygen atoms in total. The highest BCUT2D eigenvalue weighted by molar-refractivity contribution is 7.59. The number of carboxylic acids is 1. The van der Waals surface area contributed by atoms with Gasteiger partial charge in [-0.25, -0.2) is 9.59 Å². The molecule has 4 N–H and O–H groups in total. The molecule has 0 aliphatic heterocycles. The maximum Gasteiger partial charge on any atom is 0.407 e. The quantitative estimate of drug-likeness (QED) is 0.327. The van der Waals surface area contributed by atoms with Crippen molar-refractivity contribution in [2.75, 3.05) is 12.8 Å². The highest BCUT2D eigenvalue weighted by Crippen LogP contribution is 2.44. The number of hydrogen-bond acceptors (Lipinski definition) is 4. The van der Waals surface area contributed by atoms with Crippen LogP contribution in [0.5, 0.6) is 0 Å². The van der Waals surface area contributed by atoms with Crippen LogP contribution in [0.2, 0.25) is 0 Å². The van der Waals surface area contributed by atoms with Crippen LogP contribution in [0.4, 0.5) is 4.79 Å². The molecule has 0 unspecified atom stereocenters. The molecule has 0 saturated carbocycles. The number of alkyl carbamates (subject to hydrolysis) is 1. The molecule has 0 spiro atoms. The highest BCUT2D eigenvalue weighted by atomic mass is 31.2. The van der Waals surface area contributed by atoms with Crippen molar-refractivity contribution in [1.29, 1.82) is 0 Å². The molecule has 2 aromatic rings. The van der Waals surface area contributed by atoms with E-state index in [1.54, 1.807) is 6.92 Å². The number of aliphatic carboxylic acids is 1. The summed E-state index contributed by atoms with van der Waals surface area (Å²) in [5.74, 6) is -1.94. The summed E-state index contributed by atoms with van der Waals surface area (Å²) in [4.78, 5) is 24.7. The van der Waals surface area contributed by atoms with Crippen molar-refractivity contribution in [3.05, 3.63) is 59.7 Å². The molecule has 9 heteroatoms. The van der Waals surface area contributed by atoms with Gasteiger partial charge in [-0.1, -0.05) is 55.5 Å². The number of amides is 1. The number of fused-ring (bicyclic) bond motifs is 3. The second kappa shape index (κ2) is 11.4. The summed E-state index contributed by atoms with van der Waals surface area (Å²) >= 11 is 0. The minimum absolute atomic E-state index is 0.0577. The number of hydrogen-bond donors (Lipinski definition) is 4. The van der Waals surface area contributed by atoms with Gasteiger partial charge in [0, 0.05) is 24.2 Å². The summed E-state index contributed by atoms with van der Waals surface area (Å²) in [6, 6.07) is 14.6. The summed E-state index contributed by atoms with van der Waals surface area (Å²) in [6.07, 6.45) is -0.751. The average Bonchev–Trinajstić information content (AvgIpc) is 3.08. The van der Waals surface area contributed by atoms with Crippen LogP contribution in [0, 0.1) is 5.92 Å². The minimum atomic E-state index is -3.09. The molecule has 1 aliphatic rings. The van der Waals surface area contributed by atoms with Crippen LogP contribution in [-0.4, -0.2) is 48.1 Å². The van der Waals surface area contributed by atoms with E-state index in [4.69, 9.17) is 4.74 Å². The van der Waals surface area contributed by atoms with Crippen molar-refractivity contribution in [3.63, 3.8) is 0 Å². The predicted octanol–water partition coefficient (Wildman–Crippen LogP) is 4.80. The molecule has 35 heavy (non-hydrogen) atoms. The van der Waals surface area contributed by atoms with Gasteiger partial charge in [-0.15, -0.1) is 0 Å². The number of carbonyl (C=O) groups excluding carboxylic acids is 1. The first-order valence-corrected chi connectivity index (χ1v) is 13.9. The summed E-state index contributed by atoms with van der Waals surface area (Å²) in [5.41, 5.74) is 4.37. The van der Waals surface area contributed by atoms with Crippen molar-refractivity contribution in [1.82, 2.24) is 15.5 Å². The van der Waals surface area contributed by atoms with E-state index in [-0.39, 0.29) is 30.8 Å². The zero-order valence-electron chi connectivity index (χ0n) is 20.9. The van der Waals surface area contributed by atoms with E-state index in [2.05, 4.69) is 15.5 Å². The first-order chi connectivity index (χ1) is 16.5. The Hall–Kier alpha value is -2.67. The summed E-state index contributed by atoms with van der Waals surface area (Å²) in [7, 11) is -3.09. The predicted molar refractivity (Wildman–Crippen MR) is 138 cm³/mol. The average molecular weight is 502 g/mol. The Morgan fingerprint density at radius 2 is 1.40 bits per heavy atom. The fourth-order valence-electron chi connectivity index (χ4n) is 4.70. The lowest BCUT2D eigenvalue weighted by molar-refractivity contribution is -0.140. The number of carbonyl (C=O) groups is 2. The molecule has 2 atom stereocenters. The van der Waals surface area contributed by atoms with Crippen molar-refractivity contribution in [2.45, 2.75) is 58.7 Å². The summed E-state index contributed by atoms with van der Waals surface area (Å²) in [6.45, 7) is 9.26. The van der Waals surface area contributed by atoms with Crippen molar-refractivity contribution in [3.8, 4) is 11.1 Å². The van der Waals surface area contributed by atoms with Gasteiger partial charge in [-0.05, 0) is 55.9 Å². The smallest absolute Gasteiger partial charge is 0.407 e. The van der Waals surface area contributed by atoms with E-state index in [1.165, 1.54) is 0 Å². The standard InChI is InChI=1S/C26H36N3O5P/c1-16(2)28-35(33,29-17(3)4)15-18(5)24(25(30)31)27-26(32)34-14-23-21-12-8-6-10-19(21)20-11-7-9-13-22(20)23/h6-13,16-18,23-24H,14-15H2,1-5H3,(H,27,32)(H,30,31)(H2,28,29,33)/t18-,24-/m0/s1. The van der Waals surface area contributed by atoms with Gasteiger partial charge in [0.1, 0.15) is 12.6 Å². The van der Waals surface area contributed by atoms with E-state index in [0.717, 1.165) is 22.3 Å². The third-order valence-electron chi connectivity index (χ3n) is 5.93. The molecule has 0 bridgehead atoms. The van der Waals surface area contributed by atoms with Gasteiger partial charge in [0.25, 0.3) is 0 Å². The van der Waals surface area contributed by atoms with Crippen LogP contribution in [-0.2, 0) is 14.1 Å². The van der Waals surface area contributed by atoms with Gasteiger partial charge in [0.05, 0.1) is 0 Å². The van der Waals surface area contributed by atoms with E-state index in [9.17, 15) is 19.3 Å². The van der Waals surface area contributed by atoms with Gasteiger partial charge in [0.15, 0.2) is 0 Å².